The van der Waals surface area contributed by atoms with E-state index in [0.717, 1.165) is 12.8 Å². The van der Waals surface area contributed by atoms with Gasteiger partial charge in [0.15, 0.2) is 0 Å². The summed E-state index contributed by atoms with van der Waals surface area (Å²) >= 11 is 0. The van der Waals surface area contributed by atoms with Crippen molar-refractivity contribution in [1.82, 2.24) is 0 Å². The Morgan fingerprint density at radius 3 is 2.20 bits per heavy atom. The van der Waals surface area contributed by atoms with E-state index in [4.69, 9.17) is 4.55 Å². The van der Waals surface area contributed by atoms with Crippen molar-refractivity contribution in [2.24, 2.45) is 5.92 Å². The lowest BCUT2D eigenvalue weighted by atomic mass is 9.83. The van der Waals surface area contributed by atoms with Crippen molar-refractivity contribution < 1.29 is 13.0 Å². The maximum atomic E-state index is 10.5. The van der Waals surface area contributed by atoms with Gasteiger partial charge in [-0.1, -0.05) is 13.3 Å². The van der Waals surface area contributed by atoms with Gasteiger partial charge in [-0.3, -0.25) is 4.55 Å². The largest absolute Gasteiger partial charge is 0.285 e. The summed E-state index contributed by atoms with van der Waals surface area (Å²) in [4.78, 5) is 0. The van der Waals surface area contributed by atoms with Crippen LogP contribution in [0.15, 0.2) is 0 Å². The van der Waals surface area contributed by atoms with E-state index >= 15 is 0 Å². The van der Waals surface area contributed by atoms with Crippen LogP contribution < -0.4 is 0 Å². The Morgan fingerprint density at radius 2 is 2.10 bits per heavy atom. The molecule has 0 heterocycles. The molecule has 1 saturated carbocycles. The highest BCUT2D eigenvalue weighted by Gasteiger charge is 2.38. The lowest BCUT2D eigenvalue weighted by Crippen LogP contribution is -2.37. The molecule has 0 spiro atoms. The van der Waals surface area contributed by atoms with E-state index in [9.17, 15) is 8.42 Å². The van der Waals surface area contributed by atoms with Crippen LogP contribution in [0.5, 0.6) is 0 Å². The fourth-order valence-electron chi connectivity index (χ4n) is 1.40. The molecule has 1 N–H and O–H groups in total. The lowest BCUT2D eigenvalue weighted by Gasteiger charge is -2.32. The van der Waals surface area contributed by atoms with Crippen LogP contribution in [0.2, 0.25) is 0 Å². The Labute approximate surface area is 61.2 Å². The van der Waals surface area contributed by atoms with E-state index < -0.39 is 15.4 Å². The van der Waals surface area contributed by atoms with Gasteiger partial charge in [-0.05, 0) is 18.8 Å². The number of hydrogen-bond acceptors (Lipinski definition) is 2. The second-order valence-electron chi connectivity index (χ2n) is 2.80. The van der Waals surface area contributed by atoms with Crippen molar-refractivity contribution >= 4 is 10.1 Å². The molecule has 1 aliphatic carbocycles. The molecule has 0 saturated heterocycles. The highest BCUT2D eigenvalue weighted by atomic mass is 32.2. The molecule has 3 nitrogen and oxygen atoms in total. The second-order valence-corrected chi connectivity index (χ2v) is 4.43. The van der Waals surface area contributed by atoms with Gasteiger partial charge in [-0.2, -0.15) is 8.42 Å². The van der Waals surface area contributed by atoms with Crippen LogP contribution >= 0.6 is 0 Å². The molecular weight excluding hydrogens is 152 g/mol. The quantitative estimate of drug-likeness (QED) is 0.621. The molecule has 2 atom stereocenters. The number of hydrogen-bond donors (Lipinski definition) is 1. The van der Waals surface area contributed by atoms with Crippen LogP contribution in [0.1, 0.15) is 26.2 Å². The Hall–Kier alpha value is -0.0900. The van der Waals surface area contributed by atoms with E-state index in [1.54, 1.807) is 0 Å². The summed E-state index contributed by atoms with van der Waals surface area (Å²) < 4.78 is 29.7. The van der Waals surface area contributed by atoms with E-state index in [1.165, 1.54) is 0 Å². The third-order valence-corrected chi connectivity index (χ3v) is 3.64. The van der Waals surface area contributed by atoms with E-state index in [1.807, 2.05) is 6.92 Å². The molecule has 0 aromatic rings. The van der Waals surface area contributed by atoms with Crippen molar-refractivity contribution in [3.63, 3.8) is 0 Å². The molecule has 1 fully saturated rings. The van der Waals surface area contributed by atoms with Crippen LogP contribution in [0.25, 0.3) is 0 Å². The zero-order valence-corrected chi connectivity index (χ0v) is 6.76. The van der Waals surface area contributed by atoms with Crippen LogP contribution in [0, 0.1) is 5.92 Å². The molecule has 1 rings (SSSR count). The van der Waals surface area contributed by atoms with Crippen LogP contribution in [-0.2, 0) is 10.1 Å². The summed E-state index contributed by atoms with van der Waals surface area (Å²) in [7, 11) is -3.73. The summed E-state index contributed by atoms with van der Waals surface area (Å²) in [5.41, 5.74) is 0. The topological polar surface area (TPSA) is 54.4 Å². The molecule has 0 aliphatic heterocycles. The third kappa shape index (κ3) is 1.32. The highest BCUT2D eigenvalue weighted by Crippen LogP contribution is 2.34. The predicted molar refractivity (Wildman–Crippen MR) is 38.4 cm³/mol. The first-order valence-electron chi connectivity index (χ1n) is 3.52. The molecule has 0 radical (unpaired) electrons. The van der Waals surface area contributed by atoms with Crippen molar-refractivity contribution in [3.8, 4) is 0 Å². The van der Waals surface area contributed by atoms with Gasteiger partial charge in [0.2, 0.25) is 0 Å². The van der Waals surface area contributed by atoms with Crippen molar-refractivity contribution in [3.05, 3.63) is 0 Å². The minimum absolute atomic E-state index is 0.204. The van der Waals surface area contributed by atoms with Crippen LogP contribution in [0.3, 0.4) is 0 Å². The average molecular weight is 164 g/mol. The Kier molecular flexibility index (Phi) is 2.01. The Morgan fingerprint density at radius 1 is 1.50 bits per heavy atom. The first-order valence-corrected chi connectivity index (χ1v) is 5.02. The molecule has 0 bridgehead atoms. The van der Waals surface area contributed by atoms with Gasteiger partial charge < -0.3 is 0 Å². The minimum Gasteiger partial charge on any atom is -0.285 e. The first kappa shape index (κ1) is 8.01. The highest BCUT2D eigenvalue weighted by molar-refractivity contribution is 7.86. The fourth-order valence-corrected chi connectivity index (χ4v) is 2.65. The second kappa shape index (κ2) is 2.51. The zero-order chi connectivity index (χ0) is 7.78. The van der Waals surface area contributed by atoms with Gasteiger partial charge in [0.05, 0.1) is 5.25 Å². The number of rotatable bonds is 2. The van der Waals surface area contributed by atoms with Crippen molar-refractivity contribution in [2.75, 3.05) is 0 Å². The average Bonchev–Trinajstić information content (AvgIpc) is 1.57. The van der Waals surface area contributed by atoms with Crippen molar-refractivity contribution in [2.45, 2.75) is 31.4 Å². The summed E-state index contributed by atoms with van der Waals surface area (Å²) in [6, 6.07) is 0. The predicted octanol–water partition coefficient (Wildman–Crippen LogP) is 1.06. The summed E-state index contributed by atoms with van der Waals surface area (Å²) in [5.74, 6) is 0.204. The fraction of sp³-hybridized carbons (Fsp3) is 1.00. The Balaban J connectivity index is 2.60. The molecule has 0 aromatic heterocycles. The molecule has 10 heavy (non-hydrogen) atoms. The zero-order valence-electron chi connectivity index (χ0n) is 5.95. The van der Waals surface area contributed by atoms with E-state index in [2.05, 4.69) is 0 Å². The normalized spacial score (nSPS) is 33.4. The first-order chi connectivity index (χ1) is 4.55. The van der Waals surface area contributed by atoms with Crippen LogP contribution in [-0.4, -0.2) is 18.2 Å². The Bertz CT molecular complexity index is 205. The van der Waals surface area contributed by atoms with Gasteiger partial charge in [-0.25, -0.2) is 0 Å². The van der Waals surface area contributed by atoms with Gasteiger partial charge in [0, 0.05) is 0 Å². The molecule has 60 valence electrons. The monoisotopic (exact) mass is 164 g/mol. The maximum Gasteiger partial charge on any atom is 0.268 e. The van der Waals surface area contributed by atoms with Gasteiger partial charge >= 0.3 is 0 Å². The smallest absolute Gasteiger partial charge is 0.268 e. The van der Waals surface area contributed by atoms with Gasteiger partial charge in [-0.15, -0.1) is 0 Å². The molecule has 1 aliphatic rings. The standard InChI is InChI=1S/C6H12O3S/c1-2-5-3-4-6(5)10(7,8)9/h5-6H,2-4H2,1H3,(H,7,8,9)/t5-,6?/m1/s1. The summed E-state index contributed by atoms with van der Waals surface area (Å²) in [6.07, 6.45) is 2.43. The summed E-state index contributed by atoms with van der Waals surface area (Å²) in [6.45, 7) is 1.95. The lowest BCUT2D eigenvalue weighted by molar-refractivity contribution is 0.289. The third-order valence-electron chi connectivity index (χ3n) is 2.25. The molecule has 4 heteroatoms. The van der Waals surface area contributed by atoms with E-state index in [0.29, 0.717) is 6.42 Å². The maximum absolute atomic E-state index is 10.5. The molecular formula is C6H12O3S. The van der Waals surface area contributed by atoms with Gasteiger partial charge in [0.1, 0.15) is 0 Å². The summed E-state index contributed by atoms with van der Waals surface area (Å²) in [5, 5.41) is -0.461. The van der Waals surface area contributed by atoms with E-state index in [-0.39, 0.29) is 5.92 Å². The molecule has 1 unspecified atom stereocenters. The van der Waals surface area contributed by atoms with Crippen LogP contribution in [0.4, 0.5) is 0 Å². The van der Waals surface area contributed by atoms with Crippen molar-refractivity contribution in [1.29, 1.82) is 0 Å². The SMILES string of the molecule is CC[C@@H]1CCC1S(=O)(=O)O. The van der Waals surface area contributed by atoms with Gasteiger partial charge in [0.25, 0.3) is 10.1 Å². The minimum atomic E-state index is -3.73. The molecule has 0 amide bonds. The molecule has 0 aromatic carbocycles.